The van der Waals surface area contributed by atoms with Crippen molar-refractivity contribution >= 4 is 5.91 Å². The van der Waals surface area contributed by atoms with E-state index in [4.69, 9.17) is 0 Å². The highest BCUT2D eigenvalue weighted by atomic mass is 16.3. The molecule has 0 radical (unpaired) electrons. The van der Waals surface area contributed by atoms with Gasteiger partial charge in [-0.05, 0) is 30.2 Å². The van der Waals surface area contributed by atoms with Crippen LogP contribution in [-0.2, 0) is 10.4 Å². The van der Waals surface area contributed by atoms with Crippen LogP contribution in [0.25, 0.3) is 0 Å². The molecule has 0 saturated heterocycles. The molecular weight excluding hydrogens is 312 g/mol. The largest absolute Gasteiger partial charge is 0.372 e. The van der Waals surface area contributed by atoms with Gasteiger partial charge in [0, 0.05) is 19.6 Å². The maximum Gasteiger partial charge on any atom is 0.261 e. The third kappa shape index (κ3) is 3.81. The molecule has 25 heavy (non-hydrogen) atoms. The lowest BCUT2D eigenvalue weighted by Gasteiger charge is -2.29. The van der Waals surface area contributed by atoms with Crippen LogP contribution < -0.4 is 5.32 Å². The highest BCUT2D eigenvalue weighted by Gasteiger charge is 2.39. The summed E-state index contributed by atoms with van der Waals surface area (Å²) in [5.74, 6) is -0.404. The Kier molecular flexibility index (Phi) is 5.31. The van der Waals surface area contributed by atoms with E-state index >= 15 is 0 Å². The van der Waals surface area contributed by atoms with Crippen LogP contribution in [0.2, 0.25) is 0 Å². The maximum atomic E-state index is 13.0. The Morgan fingerprint density at radius 1 is 1.08 bits per heavy atom. The number of benzene rings is 2. The van der Waals surface area contributed by atoms with Gasteiger partial charge in [0.2, 0.25) is 0 Å². The third-order valence-electron chi connectivity index (χ3n) is 4.60. The van der Waals surface area contributed by atoms with Crippen LogP contribution in [0, 0.1) is 0 Å². The molecule has 0 aromatic heterocycles. The lowest BCUT2D eigenvalue weighted by atomic mass is 9.85. The SMILES string of the molecule is CN1CCC=C(CNC(=O)C(O)(c2ccccc2)c2ccccc2)C1. The summed E-state index contributed by atoms with van der Waals surface area (Å²) < 4.78 is 0. The van der Waals surface area contributed by atoms with E-state index in [-0.39, 0.29) is 0 Å². The van der Waals surface area contributed by atoms with Crippen LogP contribution in [-0.4, -0.2) is 42.6 Å². The molecule has 0 fully saturated rings. The maximum absolute atomic E-state index is 13.0. The van der Waals surface area contributed by atoms with Gasteiger partial charge in [0.05, 0.1) is 0 Å². The van der Waals surface area contributed by atoms with Gasteiger partial charge < -0.3 is 15.3 Å². The minimum atomic E-state index is -1.70. The zero-order valence-corrected chi connectivity index (χ0v) is 14.5. The topological polar surface area (TPSA) is 52.6 Å². The Balaban J connectivity index is 1.85. The summed E-state index contributed by atoms with van der Waals surface area (Å²) in [6.07, 6.45) is 3.16. The van der Waals surface area contributed by atoms with Crippen molar-refractivity contribution in [2.75, 3.05) is 26.7 Å². The molecule has 3 rings (SSSR count). The number of rotatable bonds is 5. The van der Waals surface area contributed by atoms with Gasteiger partial charge in [0.1, 0.15) is 0 Å². The molecule has 1 heterocycles. The number of carbonyl (C=O) groups is 1. The van der Waals surface area contributed by atoms with Gasteiger partial charge in [0.25, 0.3) is 5.91 Å². The first-order valence-corrected chi connectivity index (χ1v) is 8.59. The fourth-order valence-corrected chi connectivity index (χ4v) is 3.22. The number of hydrogen-bond donors (Lipinski definition) is 2. The second kappa shape index (κ2) is 7.64. The van der Waals surface area contributed by atoms with Crippen molar-refractivity contribution < 1.29 is 9.90 Å². The van der Waals surface area contributed by atoms with Crippen molar-refractivity contribution in [2.24, 2.45) is 0 Å². The summed E-state index contributed by atoms with van der Waals surface area (Å²) in [4.78, 5) is 15.2. The quantitative estimate of drug-likeness (QED) is 0.824. The lowest BCUT2D eigenvalue weighted by molar-refractivity contribution is -0.136. The van der Waals surface area contributed by atoms with Crippen LogP contribution in [0.1, 0.15) is 17.5 Å². The summed E-state index contributed by atoms with van der Waals surface area (Å²) in [7, 11) is 2.07. The first-order chi connectivity index (χ1) is 12.1. The normalized spacial score (nSPS) is 15.5. The Morgan fingerprint density at radius 2 is 1.64 bits per heavy atom. The molecule has 130 valence electrons. The monoisotopic (exact) mass is 336 g/mol. The van der Waals surface area contributed by atoms with E-state index in [1.807, 2.05) is 36.4 Å². The summed E-state index contributed by atoms with van der Waals surface area (Å²) >= 11 is 0. The Morgan fingerprint density at radius 3 is 2.16 bits per heavy atom. The summed E-state index contributed by atoms with van der Waals surface area (Å²) in [5, 5.41) is 14.3. The zero-order chi connectivity index (χ0) is 17.7. The number of nitrogens with one attached hydrogen (secondary N) is 1. The first-order valence-electron chi connectivity index (χ1n) is 8.59. The summed E-state index contributed by atoms with van der Waals surface area (Å²) in [5.41, 5.74) is 0.594. The van der Waals surface area contributed by atoms with Gasteiger partial charge in [0.15, 0.2) is 5.60 Å². The molecule has 4 heteroatoms. The van der Waals surface area contributed by atoms with E-state index in [0.717, 1.165) is 19.5 Å². The van der Waals surface area contributed by atoms with E-state index < -0.39 is 11.5 Å². The van der Waals surface area contributed by atoms with Gasteiger partial charge in [-0.25, -0.2) is 0 Å². The van der Waals surface area contributed by atoms with Crippen molar-refractivity contribution in [3.8, 4) is 0 Å². The smallest absolute Gasteiger partial charge is 0.261 e. The number of carbonyl (C=O) groups excluding carboxylic acids is 1. The van der Waals surface area contributed by atoms with Crippen LogP contribution in [0.15, 0.2) is 72.3 Å². The van der Waals surface area contributed by atoms with Crippen molar-refractivity contribution in [1.29, 1.82) is 0 Å². The van der Waals surface area contributed by atoms with Crippen molar-refractivity contribution in [1.82, 2.24) is 10.2 Å². The standard InChI is InChI=1S/C21H24N2O2/c1-23-14-8-9-17(16-23)15-22-20(24)21(25,18-10-4-2-5-11-18)19-12-6-3-7-13-19/h2-7,9-13,25H,8,14-16H2,1H3,(H,22,24). The number of hydrogen-bond acceptors (Lipinski definition) is 3. The summed E-state index contributed by atoms with van der Waals surface area (Å²) in [6.45, 7) is 2.33. The minimum Gasteiger partial charge on any atom is -0.372 e. The molecule has 2 aromatic carbocycles. The highest BCUT2D eigenvalue weighted by molar-refractivity contribution is 5.90. The van der Waals surface area contributed by atoms with Crippen LogP contribution in [0.3, 0.4) is 0 Å². The van der Waals surface area contributed by atoms with Crippen LogP contribution >= 0.6 is 0 Å². The Labute approximate surface area is 148 Å². The van der Waals surface area contributed by atoms with Gasteiger partial charge in [-0.15, -0.1) is 0 Å². The molecule has 2 aromatic rings. The average molecular weight is 336 g/mol. The van der Waals surface area contributed by atoms with Crippen molar-refractivity contribution in [2.45, 2.75) is 12.0 Å². The molecule has 1 aliphatic heterocycles. The minimum absolute atomic E-state index is 0.404. The predicted octanol–water partition coefficient (Wildman–Crippen LogP) is 2.30. The van der Waals surface area contributed by atoms with Crippen molar-refractivity contribution in [3.63, 3.8) is 0 Å². The van der Waals surface area contributed by atoms with Crippen LogP contribution in [0.4, 0.5) is 0 Å². The predicted molar refractivity (Wildman–Crippen MR) is 99.1 cm³/mol. The van der Waals surface area contributed by atoms with Gasteiger partial charge in [-0.1, -0.05) is 66.7 Å². The van der Waals surface area contributed by atoms with E-state index in [9.17, 15) is 9.90 Å². The fraction of sp³-hybridized carbons (Fsp3) is 0.286. The van der Waals surface area contributed by atoms with E-state index in [1.165, 1.54) is 5.57 Å². The number of aliphatic hydroxyl groups is 1. The second-order valence-corrected chi connectivity index (χ2v) is 6.51. The van der Waals surface area contributed by atoms with E-state index in [1.54, 1.807) is 24.3 Å². The fourth-order valence-electron chi connectivity index (χ4n) is 3.22. The van der Waals surface area contributed by atoms with E-state index in [0.29, 0.717) is 17.7 Å². The molecule has 4 nitrogen and oxygen atoms in total. The zero-order valence-electron chi connectivity index (χ0n) is 14.5. The van der Waals surface area contributed by atoms with Crippen molar-refractivity contribution in [3.05, 3.63) is 83.4 Å². The molecule has 1 amide bonds. The average Bonchev–Trinajstić information content (AvgIpc) is 2.67. The third-order valence-corrected chi connectivity index (χ3v) is 4.60. The molecule has 1 aliphatic rings. The van der Waals surface area contributed by atoms with Gasteiger partial charge in [-0.2, -0.15) is 0 Å². The number of amides is 1. The van der Waals surface area contributed by atoms with Gasteiger partial charge >= 0.3 is 0 Å². The number of likely N-dealkylation sites (N-methyl/N-ethyl adjacent to an activating group) is 1. The molecule has 0 atom stereocenters. The molecule has 0 bridgehead atoms. The molecule has 0 saturated carbocycles. The molecule has 2 N–H and O–H groups in total. The Hall–Kier alpha value is -2.43. The lowest BCUT2D eigenvalue weighted by Crippen LogP contribution is -2.46. The molecule has 0 unspecified atom stereocenters. The van der Waals surface area contributed by atoms with Crippen LogP contribution in [0.5, 0.6) is 0 Å². The molecule has 0 aliphatic carbocycles. The molecular formula is C21H24N2O2. The Bertz CT molecular complexity index is 702. The summed E-state index contributed by atoms with van der Waals surface area (Å²) in [6, 6.07) is 18.2. The first kappa shape index (κ1) is 17.4. The second-order valence-electron chi connectivity index (χ2n) is 6.51. The molecule has 0 spiro atoms. The van der Waals surface area contributed by atoms with Gasteiger partial charge in [-0.3, -0.25) is 4.79 Å². The highest BCUT2D eigenvalue weighted by Crippen LogP contribution is 2.29. The van der Waals surface area contributed by atoms with E-state index in [2.05, 4.69) is 23.3 Å². The number of nitrogens with zero attached hydrogens (tertiary/aromatic N) is 1.